The standard InChI is InChI=1S/C13H9FN4S/c14-10-1-2-12(9(5-10)6-15)16-7-11-8-18-3-4-19-13(18)17-11/h1-5,8,16H,7H2. The average molecular weight is 272 g/mol. The van der Waals surface area contributed by atoms with Crippen molar-refractivity contribution in [1.82, 2.24) is 9.38 Å². The molecule has 0 radical (unpaired) electrons. The molecule has 0 saturated carbocycles. The molecule has 19 heavy (non-hydrogen) atoms. The first-order valence-corrected chi connectivity index (χ1v) is 6.49. The van der Waals surface area contributed by atoms with Crippen LogP contribution in [0.25, 0.3) is 4.96 Å². The number of hydrogen-bond acceptors (Lipinski definition) is 4. The summed E-state index contributed by atoms with van der Waals surface area (Å²) in [5, 5.41) is 14.0. The van der Waals surface area contributed by atoms with Gasteiger partial charge in [-0.3, -0.25) is 4.40 Å². The molecule has 6 heteroatoms. The topological polar surface area (TPSA) is 53.1 Å². The van der Waals surface area contributed by atoms with E-state index in [0.29, 0.717) is 17.8 Å². The molecule has 4 nitrogen and oxygen atoms in total. The minimum atomic E-state index is -0.412. The summed E-state index contributed by atoms with van der Waals surface area (Å²) in [6.07, 6.45) is 3.86. The van der Waals surface area contributed by atoms with Gasteiger partial charge >= 0.3 is 0 Å². The van der Waals surface area contributed by atoms with Crippen LogP contribution in [-0.4, -0.2) is 9.38 Å². The van der Waals surface area contributed by atoms with Gasteiger partial charge in [0.2, 0.25) is 0 Å². The van der Waals surface area contributed by atoms with Crippen molar-refractivity contribution in [3.63, 3.8) is 0 Å². The van der Waals surface area contributed by atoms with Crippen molar-refractivity contribution in [2.75, 3.05) is 5.32 Å². The van der Waals surface area contributed by atoms with E-state index in [1.807, 2.05) is 28.2 Å². The predicted octanol–water partition coefficient (Wildman–Crippen LogP) is 3.02. The van der Waals surface area contributed by atoms with Gasteiger partial charge in [-0.05, 0) is 18.2 Å². The molecule has 0 atom stereocenters. The second kappa shape index (κ2) is 4.71. The Labute approximate surface area is 112 Å². The summed E-state index contributed by atoms with van der Waals surface area (Å²) in [6, 6.07) is 6.07. The average Bonchev–Trinajstić information content (AvgIpc) is 2.97. The molecule has 2 heterocycles. The number of nitrogens with zero attached hydrogens (tertiary/aromatic N) is 3. The number of rotatable bonds is 3. The zero-order valence-corrected chi connectivity index (χ0v) is 10.6. The van der Waals surface area contributed by atoms with Crippen molar-refractivity contribution in [2.24, 2.45) is 0 Å². The molecule has 3 aromatic rings. The maximum atomic E-state index is 13.0. The van der Waals surface area contributed by atoms with Crippen LogP contribution in [0.3, 0.4) is 0 Å². The van der Waals surface area contributed by atoms with Gasteiger partial charge in [0.15, 0.2) is 4.96 Å². The minimum Gasteiger partial charge on any atom is -0.378 e. The zero-order chi connectivity index (χ0) is 13.2. The molecule has 1 N–H and O–H groups in total. The first-order valence-electron chi connectivity index (χ1n) is 5.61. The van der Waals surface area contributed by atoms with E-state index in [-0.39, 0.29) is 0 Å². The van der Waals surface area contributed by atoms with Crippen LogP contribution in [0.1, 0.15) is 11.3 Å². The van der Waals surface area contributed by atoms with E-state index in [1.54, 1.807) is 17.4 Å². The molecular weight excluding hydrogens is 263 g/mol. The molecule has 0 spiro atoms. The molecule has 94 valence electrons. The smallest absolute Gasteiger partial charge is 0.193 e. The van der Waals surface area contributed by atoms with Crippen molar-refractivity contribution in [3.05, 3.63) is 53.0 Å². The third kappa shape index (κ3) is 2.28. The lowest BCUT2D eigenvalue weighted by Crippen LogP contribution is -2.01. The van der Waals surface area contributed by atoms with Gasteiger partial charge in [0, 0.05) is 17.8 Å². The number of fused-ring (bicyclic) bond motifs is 1. The molecule has 3 rings (SSSR count). The summed E-state index contributed by atoms with van der Waals surface area (Å²) < 4.78 is 14.9. The van der Waals surface area contributed by atoms with Gasteiger partial charge in [-0.2, -0.15) is 5.26 Å². The summed E-state index contributed by atoms with van der Waals surface area (Å²) in [6.45, 7) is 0.495. The Kier molecular flexibility index (Phi) is 2.89. The maximum Gasteiger partial charge on any atom is 0.193 e. The molecule has 0 aliphatic carbocycles. The molecule has 2 aromatic heterocycles. The van der Waals surface area contributed by atoms with E-state index in [0.717, 1.165) is 10.7 Å². The fourth-order valence-electron chi connectivity index (χ4n) is 1.81. The molecule has 0 unspecified atom stereocenters. The van der Waals surface area contributed by atoms with Crippen LogP contribution >= 0.6 is 11.3 Å². The first-order chi connectivity index (χ1) is 9.26. The predicted molar refractivity (Wildman–Crippen MR) is 71.5 cm³/mol. The summed E-state index contributed by atoms with van der Waals surface area (Å²) >= 11 is 1.56. The van der Waals surface area contributed by atoms with E-state index < -0.39 is 5.82 Å². The summed E-state index contributed by atoms with van der Waals surface area (Å²) in [5.74, 6) is -0.412. The Morgan fingerprint density at radius 1 is 1.47 bits per heavy atom. The quantitative estimate of drug-likeness (QED) is 0.797. The van der Waals surface area contributed by atoms with Gasteiger partial charge in [-0.25, -0.2) is 9.37 Å². The SMILES string of the molecule is N#Cc1cc(F)ccc1NCc1cn2ccsc2n1. The van der Waals surface area contributed by atoms with Crippen LogP contribution in [0.4, 0.5) is 10.1 Å². The van der Waals surface area contributed by atoms with Gasteiger partial charge in [0.1, 0.15) is 11.9 Å². The van der Waals surface area contributed by atoms with E-state index in [4.69, 9.17) is 5.26 Å². The van der Waals surface area contributed by atoms with Crippen molar-refractivity contribution in [2.45, 2.75) is 6.54 Å². The van der Waals surface area contributed by atoms with E-state index in [2.05, 4.69) is 10.3 Å². The number of thiazole rings is 1. The lowest BCUT2D eigenvalue weighted by Gasteiger charge is -2.06. The molecule has 0 amide bonds. The highest BCUT2D eigenvalue weighted by Gasteiger charge is 2.06. The van der Waals surface area contributed by atoms with Crippen LogP contribution in [0.15, 0.2) is 36.0 Å². The van der Waals surface area contributed by atoms with Crippen molar-refractivity contribution in [1.29, 1.82) is 5.26 Å². The minimum absolute atomic E-state index is 0.293. The fraction of sp³-hybridized carbons (Fsp3) is 0.0769. The molecule has 1 aromatic carbocycles. The second-order valence-electron chi connectivity index (χ2n) is 3.98. The number of nitriles is 1. The molecular formula is C13H9FN4S. The van der Waals surface area contributed by atoms with E-state index in [1.165, 1.54) is 12.1 Å². The summed E-state index contributed by atoms with van der Waals surface area (Å²) in [7, 11) is 0. The Bertz CT molecular complexity index is 740. The lowest BCUT2D eigenvalue weighted by atomic mass is 10.2. The second-order valence-corrected chi connectivity index (χ2v) is 4.85. The third-order valence-corrected chi connectivity index (χ3v) is 3.48. The maximum absolute atomic E-state index is 13.0. The normalized spacial score (nSPS) is 10.5. The summed E-state index contributed by atoms with van der Waals surface area (Å²) in [4.78, 5) is 5.35. The Morgan fingerprint density at radius 2 is 2.37 bits per heavy atom. The number of hydrogen-bond donors (Lipinski definition) is 1. The molecule has 0 bridgehead atoms. The van der Waals surface area contributed by atoms with Crippen molar-refractivity contribution in [3.8, 4) is 6.07 Å². The fourth-order valence-corrected chi connectivity index (χ4v) is 2.53. The van der Waals surface area contributed by atoms with Gasteiger partial charge in [-0.15, -0.1) is 11.3 Å². The largest absolute Gasteiger partial charge is 0.378 e. The third-order valence-electron chi connectivity index (χ3n) is 2.71. The first kappa shape index (κ1) is 11.7. The zero-order valence-electron chi connectivity index (χ0n) is 9.80. The van der Waals surface area contributed by atoms with Crippen molar-refractivity contribution >= 4 is 22.0 Å². The highest BCUT2D eigenvalue weighted by molar-refractivity contribution is 7.15. The molecule has 0 aliphatic rings. The van der Waals surface area contributed by atoms with Gasteiger partial charge < -0.3 is 5.32 Å². The van der Waals surface area contributed by atoms with Gasteiger partial charge in [-0.1, -0.05) is 0 Å². The lowest BCUT2D eigenvalue weighted by molar-refractivity contribution is 0.627. The Morgan fingerprint density at radius 3 is 3.16 bits per heavy atom. The molecule has 0 saturated heterocycles. The van der Waals surface area contributed by atoms with Crippen molar-refractivity contribution < 1.29 is 4.39 Å². The van der Waals surface area contributed by atoms with Crippen LogP contribution in [0.5, 0.6) is 0 Å². The highest BCUT2D eigenvalue weighted by atomic mass is 32.1. The van der Waals surface area contributed by atoms with E-state index >= 15 is 0 Å². The monoisotopic (exact) mass is 272 g/mol. The van der Waals surface area contributed by atoms with Crippen LogP contribution in [0.2, 0.25) is 0 Å². The number of benzene rings is 1. The Hall–Kier alpha value is -2.39. The van der Waals surface area contributed by atoms with Crippen LogP contribution < -0.4 is 5.32 Å². The molecule has 0 fully saturated rings. The number of aromatic nitrogens is 2. The summed E-state index contributed by atoms with van der Waals surface area (Å²) in [5.41, 5.74) is 1.78. The van der Waals surface area contributed by atoms with Crippen LogP contribution in [-0.2, 0) is 6.54 Å². The number of anilines is 1. The number of halogens is 1. The number of imidazole rings is 1. The molecule has 0 aliphatic heterocycles. The number of nitrogens with one attached hydrogen (secondary N) is 1. The van der Waals surface area contributed by atoms with Gasteiger partial charge in [0.05, 0.1) is 23.5 Å². The van der Waals surface area contributed by atoms with Crippen LogP contribution in [0, 0.1) is 17.1 Å². The van der Waals surface area contributed by atoms with Gasteiger partial charge in [0.25, 0.3) is 0 Å². The highest BCUT2D eigenvalue weighted by Crippen LogP contribution is 2.17. The van der Waals surface area contributed by atoms with E-state index in [9.17, 15) is 4.39 Å². The Balaban J connectivity index is 1.79.